The third kappa shape index (κ3) is 2.47. The summed E-state index contributed by atoms with van der Waals surface area (Å²) in [6.45, 7) is 3.19. The third-order valence-corrected chi connectivity index (χ3v) is 3.29. The Bertz CT molecular complexity index is 741. The minimum atomic E-state index is 0.156. The molecule has 0 spiro atoms. The molecule has 5 nitrogen and oxygen atoms in total. The van der Waals surface area contributed by atoms with E-state index in [0.717, 1.165) is 23.1 Å². The number of aromatic nitrogens is 4. The zero-order chi connectivity index (χ0) is 13.9. The number of para-hydroxylation sites is 2. The molecule has 0 atom stereocenters. The molecule has 0 fully saturated rings. The maximum absolute atomic E-state index is 12.1. The van der Waals surface area contributed by atoms with E-state index < -0.39 is 0 Å². The summed E-state index contributed by atoms with van der Waals surface area (Å²) in [5, 5.41) is 4.18. The molecule has 2 heterocycles. The fraction of sp³-hybridized carbons (Fsp3) is 0.267. The number of rotatable bonds is 5. The van der Waals surface area contributed by atoms with Gasteiger partial charge in [0.05, 0.1) is 30.1 Å². The molecule has 3 aromatic rings. The van der Waals surface area contributed by atoms with Gasteiger partial charge in [0.25, 0.3) is 0 Å². The van der Waals surface area contributed by atoms with Crippen LogP contribution in [-0.2, 0) is 24.3 Å². The second kappa shape index (κ2) is 5.28. The zero-order valence-corrected chi connectivity index (χ0v) is 11.4. The van der Waals surface area contributed by atoms with Crippen LogP contribution in [0.5, 0.6) is 0 Å². The molecule has 3 rings (SSSR count). The molecule has 0 aliphatic carbocycles. The molecule has 0 radical (unpaired) electrons. The second-order valence-corrected chi connectivity index (χ2v) is 4.78. The summed E-state index contributed by atoms with van der Waals surface area (Å²) >= 11 is 0. The summed E-state index contributed by atoms with van der Waals surface area (Å²) < 4.78 is 3.72. The lowest BCUT2D eigenvalue weighted by atomic mass is 10.2. The fourth-order valence-electron chi connectivity index (χ4n) is 2.28. The van der Waals surface area contributed by atoms with Crippen molar-refractivity contribution >= 4 is 16.8 Å². The Hall–Kier alpha value is -2.43. The van der Waals surface area contributed by atoms with Gasteiger partial charge in [-0.15, -0.1) is 0 Å². The van der Waals surface area contributed by atoms with E-state index >= 15 is 0 Å². The van der Waals surface area contributed by atoms with E-state index in [1.807, 2.05) is 46.6 Å². The number of carbonyl (C=O) groups is 1. The van der Waals surface area contributed by atoms with Gasteiger partial charge in [0, 0.05) is 19.2 Å². The van der Waals surface area contributed by atoms with Crippen molar-refractivity contribution < 1.29 is 4.79 Å². The lowest BCUT2D eigenvalue weighted by Gasteiger charge is -2.02. The van der Waals surface area contributed by atoms with E-state index in [1.54, 1.807) is 12.5 Å². The molecular weight excluding hydrogens is 252 g/mol. The van der Waals surface area contributed by atoms with Crippen molar-refractivity contribution in [1.82, 2.24) is 19.3 Å². The molecule has 2 aromatic heterocycles. The standard InChI is InChI=1S/C15H16N4O/c1-2-19-9-12(8-17-19)7-13(20)10-18-11-16-14-5-3-4-6-15(14)18/h3-6,8-9,11H,2,7,10H2,1H3. The Labute approximate surface area is 116 Å². The summed E-state index contributed by atoms with van der Waals surface area (Å²) in [5.74, 6) is 0.156. The third-order valence-electron chi connectivity index (χ3n) is 3.29. The van der Waals surface area contributed by atoms with E-state index in [2.05, 4.69) is 10.1 Å². The predicted octanol–water partition coefficient (Wildman–Crippen LogP) is 2.06. The minimum absolute atomic E-state index is 0.156. The highest BCUT2D eigenvalue weighted by Crippen LogP contribution is 2.12. The highest BCUT2D eigenvalue weighted by atomic mass is 16.1. The average molecular weight is 268 g/mol. The first-order valence-electron chi connectivity index (χ1n) is 6.69. The first-order chi connectivity index (χ1) is 9.76. The fourth-order valence-corrected chi connectivity index (χ4v) is 2.28. The van der Waals surface area contributed by atoms with Gasteiger partial charge in [0.15, 0.2) is 5.78 Å². The van der Waals surface area contributed by atoms with Gasteiger partial charge in [-0.2, -0.15) is 5.10 Å². The van der Waals surface area contributed by atoms with Gasteiger partial charge in [-0.1, -0.05) is 12.1 Å². The lowest BCUT2D eigenvalue weighted by Crippen LogP contribution is -2.11. The first-order valence-corrected chi connectivity index (χ1v) is 6.69. The van der Waals surface area contributed by atoms with E-state index in [9.17, 15) is 4.79 Å². The van der Waals surface area contributed by atoms with Crippen molar-refractivity contribution in [3.05, 3.63) is 48.5 Å². The second-order valence-electron chi connectivity index (χ2n) is 4.78. The Morgan fingerprint density at radius 1 is 1.30 bits per heavy atom. The van der Waals surface area contributed by atoms with Crippen LogP contribution in [0.25, 0.3) is 11.0 Å². The molecule has 0 amide bonds. The minimum Gasteiger partial charge on any atom is -0.323 e. The number of imidazole rings is 1. The molecule has 0 saturated carbocycles. The van der Waals surface area contributed by atoms with Crippen molar-refractivity contribution in [1.29, 1.82) is 0 Å². The number of Topliss-reactive ketones (excluding diaryl/α,β-unsaturated/α-hetero) is 1. The van der Waals surface area contributed by atoms with Gasteiger partial charge in [-0.25, -0.2) is 4.98 Å². The number of aryl methyl sites for hydroxylation is 1. The number of nitrogens with zero attached hydrogens (tertiary/aromatic N) is 4. The Kier molecular flexibility index (Phi) is 3.33. The number of ketones is 1. The monoisotopic (exact) mass is 268 g/mol. The highest BCUT2D eigenvalue weighted by molar-refractivity contribution is 5.83. The molecule has 0 unspecified atom stereocenters. The SMILES string of the molecule is CCn1cc(CC(=O)Cn2cnc3ccccc32)cn1. The van der Waals surface area contributed by atoms with E-state index in [-0.39, 0.29) is 5.78 Å². The van der Waals surface area contributed by atoms with Crippen LogP contribution in [0.2, 0.25) is 0 Å². The van der Waals surface area contributed by atoms with Crippen molar-refractivity contribution in [2.75, 3.05) is 0 Å². The highest BCUT2D eigenvalue weighted by Gasteiger charge is 2.09. The number of hydrogen-bond acceptors (Lipinski definition) is 3. The predicted molar refractivity (Wildman–Crippen MR) is 76.3 cm³/mol. The van der Waals surface area contributed by atoms with Crippen LogP contribution in [0.1, 0.15) is 12.5 Å². The Balaban J connectivity index is 1.72. The summed E-state index contributed by atoms with van der Waals surface area (Å²) in [6, 6.07) is 7.82. The van der Waals surface area contributed by atoms with Gasteiger partial charge >= 0.3 is 0 Å². The summed E-state index contributed by atoms with van der Waals surface area (Å²) in [5.41, 5.74) is 2.87. The molecule has 0 bridgehead atoms. The zero-order valence-electron chi connectivity index (χ0n) is 11.4. The van der Waals surface area contributed by atoms with Gasteiger partial charge in [-0.3, -0.25) is 9.48 Å². The van der Waals surface area contributed by atoms with Crippen molar-refractivity contribution in [3.8, 4) is 0 Å². The lowest BCUT2D eigenvalue weighted by molar-refractivity contribution is -0.118. The van der Waals surface area contributed by atoms with E-state index in [0.29, 0.717) is 13.0 Å². The topological polar surface area (TPSA) is 52.7 Å². The molecule has 20 heavy (non-hydrogen) atoms. The maximum Gasteiger partial charge on any atom is 0.157 e. The van der Waals surface area contributed by atoms with E-state index in [4.69, 9.17) is 0 Å². The first kappa shape index (κ1) is 12.6. The normalized spacial score (nSPS) is 11.1. The van der Waals surface area contributed by atoms with Crippen LogP contribution >= 0.6 is 0 Å². The number of carbonyl (C=O) groups excluding carboxylic acids is 1. The summed E-state index contributed by atoms with van der Waals surface area (Å²) in [7, 11) is 0. The van der Waals surface area contributed by atoms with Crippen LogP contribution in [-0.4, -0.2) is 25.1 Å². The van der Waals surface area contributed by atoms with Gasteiger partial charge in [0.1, 0.15) is 0 Å². The largest absolute Gasteiger partial charge is 0.323 e. The molecule has 0 aliphatic heterocycles. The molecule has 102 valence electrons. The van der Waals surface area contributed by atoms with Crippen molar-refractivity contribution in [2.24, 2.45) is 0 Å². The van der Waals surface area contributed by atoms with Crippen LogP contribution in [0.15, 0.2) is 43.0 Å². The number of hydrogen-bond donors (Lipinski definition) is 0. The Morgan fingerprint density at radius 3 is 2.95 bits per heavy atom. The number of fused-ring (bicyclic) bond motifs is 1. The average Bonchev–Trinajstić information content (AvgIpc) is 3.06. The van der Waals surface area contributed by atoms with Crippen LogP contribution in [0, 0.1) is 0 Å². The number of benzene rings is 1. The Morgan fingerprint density at radius 2 is 2.15 bits per heavy atom. The molecule has 1 aromatic carbocycles. The van der Waals surface area contributed by atoms with Gasteiger partial charge in [0.2, 0.25) is 0 Å². The van der Waals surface area contributed by atoms with Gasteiger partial charge in [-0.05, 0) is 24.6 Å². The molecule has 0 N–H and O–H groups in total. The quantitative estimate of drug-likeness (QED) is 0.711. The van der Waals surface area contributed by atoms with Crippen LogP contribution < -0.4 is 0 Å². The maximum atomic E-state index is 12.1. The molecule has 0 aliphatic rings. The smallest absolute Gasteiger partial charge is 0.157 e. The van der Waals surface area contributed by atoms with E-state index in [1.165, 1.54) is 0 Å². The molecule has 0 saturated heterocycles. The molecular formula is C15H16N4O. The van der Waals surface area contributed by atoms with Crippen molar-refractivity contribution in [3.63, 3.8) is 0 Å². The van der Waals surface area contributed by atoms with Crippen LogP contribution in [0.4, 0.5) is 0 Å². The summed E-state index contributed by atoms with van der Waals surface area (Å²) in [6.07, 6.45) is 5.81. The van der Waals surface area contributed by atoms with Crippen molar-refractivity contribution in [2.45, 2.75) is 26.4 Å². The molecule has 5 heteroatoms. The summed E-state index contributed by atoms with van der Waals surface area (Å²) in [4.78, 5) is 16.4. The van der Waals surface area contributed by atoms with Crippen LogP contribution in [0.3, 0.4) is 0 Å². The van der Waals surface area contributed by atoms with Gasteiger partial charge < -0.3 is 4.57 Å².